The second-order valence-corrected chi connectivity index (χ2v) is 10.2. The molecule has 6 rings (SSSR count). The van der Waals surface area contributed by atoms with Crippen LogP contribution in [-0.4, -0.2) is 54.7 Å². The number of benzene rings is 2. The molecule has 35 heavy (non-hydrogen) atoms. The first kappa shape index (κ1) is 22.8. The number of nitrogens with one attached hydrogen (secondary N) is 1. The summed E-state index contributed by atoms with van der Waals surface area (Å²) in [5.74, 6) is 0.592. The van der Waals surface area contributed by atoms with Gasteiger partial charge in [-0.25, -0.2) is 4.98 Å². The van der Waals surface area contributed by atoms with Gasteiger partial charge in [0.25, 0.3) is 0 Å². The Morgan fingerprint density at radius 1 is 1.11 bits per heavy atom. The van der Waals surface area contributed by atoms with Crippen molar-refractivity contribution in [3.63, 3.8) is 0 Å². The number of rotatable bonds is 4. The van der Waals surface area contributed by atoms with E-state index in [4.69, 9.17) is 37.7 Å². The number of fused-ring (bicyclic) bond motifs is 1. The van der Waals surface area contributed by atoms with E-state index in [0.29, 0.717) is 22.5 Å². The minimum Gasteiger partial charge on any atom is -0.481 e. The molecule has 0 saturated carbocycles. The highest BCUT2D eigenvalue weighted by Gasteiger charge is 2.50. The van der Waals surface area contributed by atoms with Crippen LogP contribution < -0.4 is 10.1 Å². The number of halogens is 2. The van der Waals surface area contributed by atoms with Gasteiger partial charge in [-0.1, -0.05) is 59.6 Å². The zero-order chi connectivity index (χ0) is 24.2. The van der Waals surface area contributed by atoms with E-state index in [0.717, 1.165) is 53.9 Å². The van der Waals surface area contributed by atoms with Gasteiger partial charge in [-0.15, -0.1) is 0 Å². The molecule has 1 aliphatic carbocycles. The van der Waals surface area contributed by atoms with Crippen LogP contribution in [0, 0.1) is 0 Å². The maximum Gasteiger partial charge on any atom is 0.246 e. The lowest BCUT2D eigenvalue weighted by molar-refractivity contribution is -0.179. The molecule has 0 bridgehead atoms. The molecule has 6 nitrogen and oxygen atoms in total. The van der Waals surface area contributed by atoms with Gasteiger partial charge in [-0.05, 0) is 30.5 Å². The van der Waals surface area contributed by atoms with Crippen molar-refractivity contribution >= 4 is 29.1 Å². The van der Waals surface area contributed by atoms with E-state index < -0.39 is 0 Å². The quantitative estimate of drug-likeness (QED) is 0.540. The number of likely N-dealkylation sites (tertiary alicyclic amines) is 1. The van der Waals surface area contributed by atoms with Gasteiger partial charge >= 0.3 is 0 Å². The highest BCUT2D eigenvalue weighted by atomic mass is 35.5. The highest BCUT2D eigenvalue weighted by Crippen LogP contribution is 2.47. The summed E-state index contributed by atoms with van der Waals surface area (Å²) in [5, 5.41) is 4.20. The van der Waals surface area contributed by atoms with Gasteiger partial charge in [-0.2, -0.15) is 0 Å². The second kappa shape index (κ2) is 8.79. The molecular formula is C27H25Cl2N3O3. The molecule has 0 unspecified atom stereocenters. The first-order valence-corrected chi connectivity index (χ1v) is 12.5. The van der Waals surface area contributed by atoms with Gasteiger partial charge in [0.15, 0.2) is 0 Å². The number of hydrogen-bond donors (Lipinski definition) is 1. The van der Waals surface area contributed by atoms with E-state index >= 15 is 0 Å². The van der Waals surface area contributed by atoms with E-state index in [1.807, 2.05) is 42.5 Å². The van der Waals surface area contributed by atoms with Crippen LogP contribution in [0.4, 0.5) is 0 Å². The van der Waals surface area contributed by atoms with Crippen molar-refractivity contribution < 1.29 is 14.3 Å². The topological polar surface area (TPSA) is 63.7 Å². The van der Waals surface area contributed by atoms with Gasteiger partial charge < -0.3 is 14.8 Å². The third kappa shape index (κ3) is 3.89. The van der Waals surface area contributed by atoms with Gasteiger partial charge in [0.2, 0.25) is 11.8 Å². The zero-order valence-electron chi connectivity index (χ0n) is 19.3. The van der Waals surface area contributed by atoms with Crippen LogP contribution >= 0.6 is 23.2 Å². The van der Waals surface area contributed by atoms with Crippen LogP contribution in [0.25, 0.3) is 22.4 Å². The number of pyridine rings is 1. The number of ether oxygens (including phenoxy) is 2. The second-order valence-electron chi connectivity index (χ2n) is 9.44. The summed E-state index contributed by atoms with van der Waals surface area (Å²) in [6, 6.07) is 16.0. The standard InChI is InChI=1S/C27H25Cl2N3O3/c1-34-26-24-16(9-10-22(24)32-14-27(15-32)13-30-23(33)12-35-27)11-21(31-26)19-7-4-6-18(25(19)29)17-5-2-3-8-20(17)28/h2-8,11,22H,9-10,12-15H2,1H3,(H,30,33)/t22-/m0/s1. The molecule has 3 aromatic rings. The van der Waals surface area contributed by atoms with E-state index in [2.05, 4.69) is 16.3 Å². The Morgan fingerprint density at radius 2 is 1.89 bits per heavy atom. The van der Waals surface area contributed by atoms with Crippen molar-refractivity contribution in [3.8, 4) is 28.3 Å². The van der Waals surface area contributed by atoms with Gasteiger partial charge in [-0.3, -0.25) is 9.69 Å². The first-order valence-electron chi connectivity index (χ1n) is 11.7. The number of morpholine rings is 1. The molecule has 0 radical (unpaired) electrons. The average Bonchev–Trinajstić information content (AvgIpc) is 3.27. The molecule has 1 atom stereocenters. The van der Waals surface area contributed by atoms with Crippen molar-refractivity contribution in [1.82, 2.24) is 15.2 Å². The van der Waals surface area contributed by atoms with Gasteiger partial charge in [0.05, 0.1) is 17.8 Å². The van der Waals surface area contributed by atoms with Crippen molar-refractivity contribution in [2.45, 2.75) is 24.5 Å². The summed E-state index contributed by atoms with van der Waals surface area (Å²) < 4.78 is 11.7. The predicted molar refractivity (Wildman–Crippen MR) is 136 cm³/mol. The fourth-order valence-corrected chi connectivity index (χ4v) is 6.12. The molecule has 1 N–H and O–H groups in total. The summed E-state index contributed by atoms with van der Waals surface area (Å²) in [6.45, 7) is 2.27. The average molecular weight is 510 g/mol. The molecule has 1 aromatic heterocycles. The van der Waals surface area contributed by atoms with Crippen LogP contribution in [-0.2, 0) is 16.0 Å². The van der Waals surface area contributed by atoms with Crippen LogP contribution in [0.15, 0.2) is 48.5 Å². The number of hydrogen-bond acceptors (Lipinski definition) is 5. The third-order valence-electron chi connectivity index (χ3n) is 7.30. The fourth-order valence-electron chi connectivity index (χ4n) is 5.56. The Hall–Kier alpha value is -2.64. The lowest BCUT2D eigenvalue weighted by Crippen LogP contribution is -2.70. The third-order valence-corrected chi connectivity index (χ3v) is 8.04. The summed E-state index contributed by atoms with van der Waals surface area (Å²) in [7, 11) is 1.67. The zero-order valence-corrected chi connectivity index (χ0v) is 20.8. The summed E-state index contributed by atoms with van der Waals surface area (Å²) in [6.07, 6.45) is 1.93. The molecule has 2 fully saturated rings. The molecule has 8 heteroatoms. The smallest absolute Gasteiger partial charge is 0.246 e. The van der Waals surface area contributed by atoms with E-state index in [-0.39, 0.29) is 24.2 Å². The Morgan fingerprint density at radius 3 is 2.63 bits per heavy atom. The van der Waals surface area contributed by atoms with Gasteiger partial charge in [0.1, 0.15) is 12.2 Å². The largest absolute Gasteiger partial charge is 0.481 e. The minimum atomic E-state index is -0.274. The molecule has 3 aliphatic rings. The van der Waals surface area contributed by atoms with Crippen molar-refractivity contribution in [2.75, 3.05) is 33.4 Å². The Bertz CT molecular complexity index is 1310. The van der Waals surface area contributed by atoms with Crippen molar-refractivity contribution in [2.24, 2.45) is 0 Å². The fraction of sp³-hybridized carbons (Fsp3) is 0.333. The molecule has 3 heterocycles. The maximum atomic E-state index is 11.5. The maximum absolute atomic E-state index is 11.5. The number of carbonyl (C=O) groups is 1. The number of aryl methyl sites for hydroxylation is 1. The SMILES string of the molecule is COc1nc(-c2cccc(-c3ccccc3Cl)c2Cl)cc2c1[C@@H](N1CC3(CNC(=O)CO3)C1)CC2. The summed E-state index contributed by atoms with van der Waals surface area (Å²) in [4.78, 5) is 18.8. The molecule has 2 aromatic carbocycles. The number of aromatic nitrogens is 1. The molecule has 2 saturated heterocycles. The number of nitrogens with zero attached hydrogens (tertiary/aromatic N) is 2. The Labute approximate surface area is 214 Å². The van der Waals surface area contributed by atoms with Crippen LogP contribution in [0.1, 0.15) is 23.6 Å². The Balaban J connectivity index is 1.31. The Kier molecular flexibility index (Phi) is 5.72. The van der Waals surface area contributed by atoms with E-state index in [9.17, 15) is 4.79 Å². The molecule has 1 amide bonds. The summed E-state index contributed by atoms with van der Waals surface area (Å²) in [5.41, 5.74) is 5.51. The molecule has 180 valence electrons. The lowest BCUT2D eigenvalue weighted by Gasteiger charge is -2.53. The summed E-state index contributed by atoms with van der Waals surface area (Å²) >= 11 is 13.4. The minimum absolute atomic E-state index is 0.0454. The predicted octanol–water partition coefficient (Wildman–Crippen LogP) is 4.92. The number of amides is 1. The number of methoxy groups -OCH3 is 1. The molecular weight excluding hydrogens is 485 g/mol. The van der Waals surface area contributed by atoms with Crippen LogP contribution in [0.5, 0.6) is 5.88 Å². The van der Waals surface area contributed by atoms with E-state index in [1.54, 1.807) is 7.11 Å². The lowest BCUT2D eigenvalue weighted by atomic mass is 9.89. The normalized spacial score (nSPS) is 20.9. The van der Waals surface area contributed by atoms with Crippen molar-refractivity contribution in [1.29, 1.82) is 0 Å². The van der Waals surface area contributed by atoms with Crippen molar-refractivity contribution in [3.05, 3.63) is 69.7 Å². The monoisotopic (exact) mass is 509 g/mol. The molecule has 2 aliphatic heterocycles. The highest BCUT2D eigenvalue weighted by molar-refractivity contribution is 6.38. The first-order chi connectivity index (χ1) is 17.0. The van der Waals surface area contributed by atoms with E-state index in [1.165, 1.54) is 5.56 Å². The number of carbonyl (C=O) groups excluding carboxylic acids is 1. The molecule has 1 spiro atoms. The van der Waals surface area contributed by atoms with Crippen LogP contribution in [0.2, 0.25) is 10.0 Å². The van der Waals surface area contributed by atoms with Gasteiger partial charge in [0, 0.05) is 53.0 Å². The van der Waals surface area contributed by atoms with Crippen LogP contribution in [0.3, 0.4) is 0 Å².